The van der Waals surface area contributed by atoms with Crippen LogP contribution >= 0.6 is 0 Å². The van der Waals surface area contributed by atoms with Crippen molar-refractivity contribution < 1.29 is 30.0 Å². The molecule has 5 nitrogen and oxygen atoms in total. The van der Waals surface area contributed by atoms with Gasteiger partial charge in [-0.3, -0.25) is 9.78 Å². The number of nitrogens with zero attached hydrogens (tertiary/aromatic N) is 3. The van der Waals surface area contributed by atoms with Gasteiger partial charge in [0, 0.05) is 56.1 Å². The van der Waals surface area contributed by atoms with Gasteiger partial charge in [-0.15, -0.1) is 29.1 Å². The Labute approximate surface area is 292 Å². The van der Waals surface area contributed by atoms with Crippen molar-refractivity contribution in [2.75, 3.05) is 0 Å². The first kappa shape index (κ1) is 36.0. The second-order valence-corrected chi connectivity index (χ2v) is 12.6. The van der Waals surface area contributed by atoms with Crippen LogP contribution in [0, 0.1) is 17.9 Å². The number of hydrogen-bond acceptors (Lipinski definition) is 4. The summed E-state index contributed by atoms with van der Waals surface area (Å²) in [5.74, 6) is 1.06. The molecule has 0 aliphatic rings. The van der Waals surface area contributed by atoms with Crippen LogP contribution in [0.4, 0.5) is 0 Å². The van der Waals surface area contributed by atoms with Gasteiger partial charge >= 0.3 is 0 Å². The van der Waals surface area contributed by atoms with E-state index in [0.29, 0.717) is 5.92 Å². The van der Waals surface area contributed by atoms with E-state index in [4.69, 9.17) is 0 Å². The molecule has 47 heavy (non-hydrogen) atoms. The summed E-state index contributed by atoms with van der Waals surface area (Å²) in [6, 6.07) is 27.3. The van der Waals surface area contributed by atoms with Crippen molar-refractivity contribution in [2.24, 2.45) is 18.9 Å². The van der Waals surface area contributed by atoms with Crippen molar-refractivity contribution >= 4 is 49.3 Å². The monoisotopic (exact) mass is 805 g/mol. The number of allylic oxidation sites excluding steroid dienone is 2. The van der Waals surface area contributed by atoms with Crippen LogP contribution in [0.15, 0.2) is 84.9 Å². The maximum atomic E-state index is 11.7. The van der Waals surface area contributed by atoms with Gasteiger partial charge < -0.3 is 9.67 Å². The summed E-state index contributed by atoms with van der Waals surface area (Å²) in [6.07, 6.45) is 6.58. The first-order chi connectivity index (χ1) is 22.2. The Balaban J connectivity index is 0.000000269. The molecule has 6 aromatic rings. The molecule has 0 atom stereocenters. The number of benzene rings is 4. The van der Waals surface area contributed by atoms with Gasteiger partial charge in [0.15, 0.2) is 5.78 Å². The largest absolute Gasteiger partial charge is 0.512 e. The van der Waals surface area contributed by atoms with Crippen molar-refractivity contribution in [3.63, 3.8) is 0 Å². The maximum Gasteiger partial charge on any atom is 0.162 e. The number of carbonyl (C=O) groups is 1. The average Bonchev–Trinajstić information content (AvgIpc) is 3.35. The smallest absolute Gasteiger partial charge is 0.162 e. The zero-order chi connectivity index (χ0) is 33.0. The number of aliphatic hydroxyl groups excluding tert-OH is 1. The van der Waals surface area contributed by atoms with E-state index >= 15 is 0 Å². The van der Waals surface area contributed by atoms with E-state index < -0.39 is 0 Å². The van der Waals surface area contributed by atoms with Crippen molar-refractivity contribution in [1.29, 1.82) is 0 Å². The zero-order valence-electron chi connectivity index (χ0n) is 28.6. The number of ketones is 1. The molecule has 0 bridgehead atoms. The van der Waals surface area contributed by atoms with Crippen LogP contribution < -0.4 is 0 Å². The van der Waals surface area contributed by atoms with Crippen LogP contribution in [0.3, 0.4) is 0 Å². The molecule has 0 amide bonds. The third kappa shape index (κ3) is 7.50. The van der Waals surface area contributed by atoms with E-state index in [1.54, 1.807) is 6.33 Å². The summed E-state index contributed by atoms with van der Waals surface area (Å²) < 4.78 is 2.23. The Morgan fingerprint density at radius 3 is 2.17 bits per heavy atom. The predicted molar refractivity (Wildman–Crippen MR) is 193 cm³/mol. The quantitative estimate of drug-likeness (QED) is 0.0898. The molecule has 1 radical (unpaired) electrons. The summed E-state index contributed by atoms with van der Waals surface area (Å²) in [5, 5.41) is 15.8. The average molecular weight is 805 g/mol. The molecular weight excluding hydrogens is 759 g/mol. The predicted octanol–water partition coefficient (Wildman–Crippen LogP) is 10.9. The maximum absolute atomic E-state index is 11.7. The minimum atomic E-state index is 0. The van der Waals surface area contributed by atoms with Crippen LogP contribution in [0.5, 0.6) is 0 Å². The van der Waals surface area contributed by atoms with E-state index in [9.17, 15) is 9.90 Å². The minimum Gasteiger partial charge on any atom is -0.512 e. The van der Waals surface area contributed by atoms with Gasteiger partial charge in [0.05, 0.1) is 22.3 Å². The van der Waals surface area contributed by atoms with Gasteiger partial charge in [0.1, 0.15) is 6.33 Å². The molecule has 4 aromatic carbocycles. The fourth-order valence-electron chi connectivity index (χ4n) is 6.38. The van der Waals surface area contributed by atoms with Crippen LogP contribution in [0.25, 0.3) is 54.7 Å². The van der Waals surface area contributed by atoms with Gasteiger partial charge in [-0.05, 0) is 60.1 Å². The van der Waals surface area contributed by atoms with Crippen molar-refractivity contribution in [3.8, 4) is 11.3 Å². The van der Waals surface area contributed by atoms with Gasteiger partial charge in [-0.2, -0.15) is 0 Å². The Hall–Kier alpha value is -3.86. The Morgan fingerprint density at radius 2 is 1.51 bits per heavy atom. The third-order valence-corrected chi connectivity index (χ3v) is 9.44. The van der Waals surface area contributed by atoms with Crippen molar-refractivity contribution in [1.82, 2.24) is 14.5 Å². The van der Waals surface area contributed by atoms with Crippen LogP contribution in [-0.2, 0) is 31.9 Å². The number of aliphatic hydroxyl groups is 1. The van der Waals surface area contributed by atoms with Gasteiger partial charge in [0.25, 0.3) is 0 Å². The molecule has 0 aliphatic heterocycles. The van der Waals surface area contributed by atoms with Gasteiger partial charge in [-0.25, -0.2) is 4.98 Å². The second-order valence-electron chi connectivity index (χ2n) is 12.6. The fourth-order valence-corrected chi connectivity index (χ4v) is 6.38. The third-order valence-electron chi connectivity index (χ3n) is 9.44. The first-order valence-corrected chi connectivity index (χ1v) is 16.7. The number of fused-ring (bicyclic) bond motifs is 5. The van der Waals surface area contributed by atoms with Crippen molar-refractivity contribution in [3.05, 3.63) is 96.5 Å². The molecule has 0 saturated heterocycles. The van der Waals surface area contributed by atoms with Crippen LogP contribution in [-0.4, -0.2) is 25.4 Å². The molecule has 247 valence electrons. The Morgan fingerprint density at radius 1 is 0.851 bits per heavy atom. The molecule has 2 aromatic heterocycles. The van der Waals surface area contributed by atoms with Gasteiger partial charge in [-0.1, -0.05) is 89.4 Å². The number of rotatable bonds is 9. The molecule has 6 rings (SSSR count). The van der Waals surface area contributed by atoms with Crippen molar-refractivity contribution in [2.45, 2.75) is 73.1 Å². The molecule has 6 heteroatoms. The Kier molecular flexibility index (Phi) is 12.1. The van der Waals surface area contributed by atoms with E-state index in [1.807, 2.05) is 33.8 Å². The molecule has 0 spiro atoms. The summed E-state index contributed by atoms with van der Waals surface area (Å²) in [7, 11) is 2.11. The van der Waals surface area contributed by atoms with Gasteiger partial charge in [0.2, 0.25) is 0 Å². The summed E-state index contributed by atoms with van der Waals surface area (Å²) >= 11 is 0. The summed E-state index contributed by atoms with van der Waals surface area (Å²) in [6.45, 7) is 12.5. The zero-order valence-corrected chi connectivity index (χ0v) is 31.0. The summed E-state index contributed by atoms with van der Waals surface area (Å²) in [4.78, 5) is 21.1. The van der Waals surface area contributed by atoms with E-state index in [0.717, 1.165) is 53.4 Å². The Bertz CT molecular complexity index is 2030. The molecule has 0 saturated carbocycles. The van der Waals surface area contributed by atoms with Crippen LogP contribution in [0.2, 0.25) is 0 Å². The first-order valence-electron chi connectivity index (χ1n) is 16.7. The number of aryl methyl sites for hydroxylation is 1. The number of aromatic nitrogens is 3. The normalized spacial score (nSPS) is 11.9. The molecule has 0 unspecified atom stereocenters. The fraction of sp³-hybridized carbons (Fsp3) is 0.341. The standard InChI is InChI=1S/C28H22N3.C13H24O2.Ir/c1-17(2)19-9-10-21-14-24-25(15-23(21)12-19)31(3)28-26(29-16-30-27(24)28)22-11-8-18-6-4-5-7-20(18)13-22;1-5-10(6-2)12(14)9-13(15)11(7-3)8-4;/h4-10,12-17H,1-3H3;9-11,14H,5-8H2,1-4H3;/q-1;;/b;12-9-;. The second kappa shape index (κ2) is 15.8. The minimum absolute atomic E-state index is 0. The van der Waals surface area contributed by atoms with Crippen LogP contribution in [0.1, 0.15) is 78.7 Å². The van der Waals surface area contributed by atoms with E-state index in [1.165, 1.54) is 38.7 Å². The topological polar surface area (TPSA) is 68.0 Å². The number of hydrogen-bond donors (Lipinski definition) is 1. The summed E-state index contributed by atoms with van der Waals surface area (Å²) in [5.41, 5.74) is 6.47. The number of carbonyl (C=O) groups excluding carboxylic acids is 1. The van der Waals surface area contributed by atoms with E-state index in [-0.39, 0.29) is 43.5 Å². The molecule has 2 heterocycles. The molecular formula is C41H46IrN3O2-. The molecule has 1 N–H and O–H groups in total. The molecule has 0 fully saturated rings. The molecule has 0 aliphatic carbocycles. The SMILES string of the molecule is CC(C)c1ccc2cc3c4ncnc(-c5[c-]cc6ccccc6c5)c4n(C)c3cc2c1.CCC(CC)C(=O)/C=C(\O)C(CC)CC.[Ir]. The van der Waals surface area contributed by atoms with E-state index in [2.05, 4.69) is 102 Å².